The number of primary sulfonamides is 1. The first-order valence-electron chi connectivity index (χ1n) is 3.94. The van der Waals surface area contributed by atoms with E-state index in [1.165, 1.54) is 0 Å². The maximum Gasteiger partial charge on any atom is 0.348 e. The molecule has 0 aliphatic carbocycles. The number of hydrogen-bond donors (Lipinski definition) is 2. The zero-order chi connectivity index (χ0) is 11.5. The number of sulfonamides is 1. The van der Waals surface area contributed by atoms with Crippen molar-refractivity contribution in [1.29, 1.82) is 0 Å². The Morgan fingerprint density at radius 2 is 1.80 bits per heavy atom. The van der Waals surface area contributed by atoms with Gasteiger partial charge in [-0.05, 0) is 11.6 Å². The van der Waals surface area contributed by atoms with Crippen LogP contribution in [0.3, 0.4) is 0 Å². The smallest absolute Gasteiger partial charge is 0.348 e. The number of aliphatic carboxylic acids is 1. The van der Waals surface area contributed by atoms with Crippen LogP contribution in [0.25, 0.3) is 6.08 Å². The standard InChI is InChI=1S/C9H9NO4S/c10-15(13,14)8(9(11)12)6-7-4-2-1-3-5-7/h1-6H,(H,11,12)(H2,10,13,14)/b8-6+. The SMILES string of the molecule is NS(=O)(=O)/C(=C/c1ccccc1)C(=O)O. The Kier molecular flexibility index (Phi) is 3.23. The molecule has 3 N–H and O–H groups in total. The average Bonchev–Trinajstić information content (AvgIpc) is 2.13. The summed E-state index contributed by atoms with van der Waals surface area (Å²) in [4.78, 5) is 9.80. The van der Waals surface area contributed by atoms with E-state index in [1.807, 2.05) is 0 Å². The topological polar surface area (TPSA) is 97.5 Å². The summed E-state index contributed by atoms with van der Waals surface area (Å²) in [6.07, 6.45) is 1.01. The summed E-state index contributed by atoms with van der Waals surface area (Å²) in [7, 11) is -4.20. The lowest BCUT2D eigenvalue weighted by Gasteiger charge is -1.98. The number of carboxylic acid groups (broad SMARTS) is 1. The van der Waals surface area contributed by atoms with Gasteiger partial charge in [-0.25, -0.2) is 18.4 Å². The second-order valence-electron chi connectivity index (χ2n) is 2.77. The number of carboxylic acids is 1. The minimum Gasteiger partial charge on any atom is -0.477 e. The van der Waals surface area contributed by atoms with E-state index < -0.39 is 20.9 Å². The molecule has 5 nitrogen and oxygen atoms in total. The van der Waals surface area contributed by atoms with Gasteiger partial charge in [0, 0.05) is 0 Å². The van der Waals surface area contributed by atoms with Gasteiger partial charge in [0.25, 0.3) is 0 Å². The van der Waals surface area contributed by atoms with E-state index in [2.05, 4.69) is 0 Å². The van der Waals surface area contributed by atoms with Gasteiger partial charge in [0.1, 0.15) is 0 Å². The van der Waals surface area contributed by atoms with E-state index in [4.69, 9.17) is 10.2 Å². The molecular formula is C9H9NO4S. The zero-order valence-corrected chi connectivity index (χ0v) is 8.44. The molecule has 0 amide bonds. The van der Waals surface area contributed by atoms with Crippen LogP contribution in [-0.2, 0) is 14.8 Å². The quantitative estimate of drug-likeness (QED) is 0.730. The van der Waals surface area contributed by atoms with Gasteiger partial charge in [0.05, 0.1) is 0 Å². The predicted molar refractivity (Wildman–Crippen MR) is 55.2 cm³/mol. The first-order chi connectivity index (χ1) is 6.91. The van der Waals surface area contributed by atoms with Crippen LogP contribution in [0.5, 0.6) is 0 Å². The Morgan fingerprint density at radius 3 is 2.20 bits per heavy atom. The highest BCUT2D eigenvalue weighted by atomic mass is 32.2. The molecule has 0 saturated heterocycles. The Morgan fingerprint density at radius 1 is 1.27 bits per heavy atom. The molecule has 0 aromatic heterocycles. The molecule has 0 radical (unpaired) electrons. The molecule has 0 saturated carbocycles. The molecule has 0 aliphatic heterocycles. The fourth-order valence-electron chi connectivity index (χ4n) is 0.966. The molecule has 1 aromatic carbocycles. The van der Waals surface area contributed by atoms with Gasteiger partial charge in [-0.1, -0.05) is 30.3 Å². The molecule has 0 heterocycles. The summed E-state index contributed by atoms with van der Waals surface area (Å²) >= 11 is 0. The van der Waals surface area contributed by atoms with Crippen molar-refractivity contribution in [2.75, 3.05) is 0 Å². The minimum atomic E-state index is -4.20. The van der Waals surface area contributed by atoms with Crippen LogP contribution in [0.15, 0.2) is 35.2 Å². The number of rotatable bonds is 3. The second kappa shape index (κ2) is 4.24. The minimum absolute atomic E-state index is 0.462. The summed E-state index contributed by atoms with van der Waals surface area (Å²) in [6.45, 7) is 0. The number of nitrogens with two attached hydrogens (primary N) is 1. The third kappa shape index (κ3) is 3.19. The lowest BCUT2D eigenvalue weighted by atomic mass is 10.2. The molecular weight excluding hydrogens is 218 g/mol. The van der Waals surface area contributed by atoms with E-state index in [0.717, 1.165) is 6.08 Å². The molecule has 80 valence electrons. The van der Waals surface area contributed by atoms with Crippen LogP contribution in [0.1, 0.15) is 5.56 Å². The fourth-order valence-corrected chi connectivity index (χ4v) is 1.51. The maximum atomic E-state index is 10.9. The van der Waals surface area contributed by atoms with Gasteiger partial charge in [-0.15, -0.1) is 0 Å². The molecule has 0 atom stereocenters. The van der Waals surface area contributed by atoms with Crippen molar-refractivity contribution in [3.05, 3.63) is 40.8 Å². The van der Waals surface area contributed by atoms with E-state index in [0.29, 0.717) is 5.56 Å². The summed E-state index contributed by atoms with van der Waals surface area (Å²) in [6, 6.07) is 8.21. The van der Waals surface area contributed by atoms with Crippen LogP contribution < -0.4 is 5.14 Å². The molecule has 0 aliphatic rings. The maximum absolute atomic E-state index is 10.9. The fraction of sp³-hybridized carbons (Fsp3) is 0. The van der Waals surface area contributed by atoms with Crippen LogP contribution in [0.4, 0.5) is 0 Å². The summed E-state index contributed by atoms with van der Waals surface area (Å²) in [5, 5.41) is 13.4. The Labute approximate surface area is 86.9 Å². The number of carbonyl (C=O) groups is 1. The summed E-state index contributed by atoms with van der Waals surface area (Å²) < 4.78 is 21.8. The molecule has 0 bridgehead atoms. The zero-order valence-electron chi connectivity index (χ0n) is 7.62. The van der Waals surface area contributed by atoms with Crippen molar-refractivity contribution in [3.8, 4) is 0 Å². The van der Waals surface area contributed by atoms with E-state index in [1.54, 1.807) is 30.3 Å². The van der Waals surface area contributed by atoms with Crippen molar-refractivity contribution >= 4 is 22.1 Å². The Bertz CT molecular complexity index is 490. The van der Waals surface area contributed by atoms with Crippen LogP contribution in [0.2, 0.25) is 0 Å². The largest absolute Gasteiger partial charge is 0.477 e. The Balaban J connectivity index is 3.24. The third-order valence-corrected chi connectivity index (χ3v) is 2.52. The number of hydrogen-bond acceptors (Lipinski definition) is 3. The lowest BCUT2D eigenvalue weighted by Crippen LogP contribution is -2.20. The first-order valence-corrected chi connectivity index (χ1v) is 5.49. The highest BCUT2D eigenvalue weighted by molar-refractivity contribution is 7.94. The van der Waals surface area contributed by atoms with E-state index in [-0.39, 0.29) is 0 Å². The monoisotopic (exact) mass is 227 g/mol. The normalized spacial score (nSPS) is 12.5. The molecule has 0 spiro atoms. The highest BCUT2D eigenvalue weighted by Gasteiger charge is 2.19. The van der Waals surface area contributed by atoms with E-state index >= 15 is 0 Å². The summed E-state index contributed by atoms with van der Waals surface area (Å²) in [5.41, 5.74) is 0.462. The Hall–Kier alpha value is -1.66. The summed E-state index contributed by atoms with van der Waals surface area (Å²) in [5.74, 6) is -1.57. The van der Waals surface area contributed by atoms with Gasteiger partial charge >= 0.3 is 5.97 Å². The first kappa shape index (κ1) is 11.4. The molecule has 6 heteroatoms. The third-order valence-electron chi connectivity index (χ3n) is 1.61. The van der Waals surface area contributed by atoms with Crippen molar-refractivity contribution in [2.24, 2.45) is 5.14 Å². The van der Waals surface area contributed by atoms with Crippen molar-refractivity contribution < 1.29 is 18.3 Å². The van der Waals surface area contributed by atoms with Gasteiger partial charge in [-0.3, -0.25) is 0 Å². The highest BCUT2D eigenvalue weighted by Crippen LogP contribution is 2.10. The van der Waals surface area contributed by atoms with Gasteiger partial charge in [0.15, 0.2) is 4.91 Å². The second-order valence-corrected chi connectivity index (χ2v) is 4.30. The van der Waals surface area contributed by atoms with Crippen LogP contribution in [0, 0.1) is 0 Å². The van der Waals surface area contributed by atoms with Crippen molar-refractivity contribution in [2.45, 2.75) is 0 Å². The molecule has 0 unspecified atom stereocenters. The van der Waals surface area contributed by atoms with Crippen LogP contribution >= 0.6 is 0 Å². The predicted octanol–water partition coefficient (Wildman–Crippen LogP) is 0.401. The average molecular weight is 227 g/mol. The lowest BCUT2D eigenvalue weighted by molar-refractivity contribution is -0.131. The molecule has 1 aromatic rings. The van der Waals surface area contributed by atoms with E-state index in [9.17, 15) is 13.2 Å². The number of benzene rings is 1. The van der Waals surface area contributed by atoms with Crippen LogP contribution in [-0.4, -0.2) is 19.5 Å². The van der Waals surface area contributed by atoms with Crippen molar-refractivity contribution in [3.63, 3.8) is 0 Å². The van der Waals surface area contributed by atoms with Gasteiger partial charge < -0.3 is 5.11 Å². The van der Waals surface area contributed by atoms with Gasteiger partial charge in [-0.2, -0.15) is 0 Å². The molecule has 0 fully saturated rings. The van der Waals surface area contributed by atoms with Crippen molar-refractivity contribution in [1.82, 2.24) is 0 Å². The molecule has 15 heavy (non-hydrogen) atoms. The van der Waals surface area contributed by atoms with Gasteiger partial charge in [0.2, 0.25) is 10.0 Å². The molecule has 1 rings (SSSR count).